The number of nitrogens with two attached hydrogens (primary N) is 1. The van der Waals surface area contributed by atoms with Crippen LogP contribution < -0.4 is 10.5 Å². The molecule has 0 atom stereocenters. The molecule has 3 N–H and O–H groups in total. The first-order chi connectivity index (χ1) is 8.15. The molecule has 90 valence electrons. The second-order valence-corrected chi connectivity index (χ2v) is 3.97. The number of hydrogen-bond donors (Lipinski definition) is 2. The number of nitrogen functional groups attached to an aromatic ring is 1. The van der Waals surface area contributed by atoms with Crippen LogP contribution >= 0.6 is 0 Å². The van der Waals surface area contributed by atoms with Crippen molar-refractivity contribution in [2.24, 2.45) is 0 Å². The molecule has 0 saturated heterocycles. The van der Waals surface area contributed by atoms with Gasteiger partial charge in [0.1, 0.15) is 17.4 Å². The Kier molecular flexibility index (Phi) is 3.04. The van der Waals surface area contributed by atoms with Crippen LogP contribution in [-0.4, -0.2) is 17.1 Å². The van der Waals surface area contributed by atoms with E-state index in [2.05, 4.69) is 29.0 Å². The molecule has 2 aromatic rings. The number of nitrogens with one attached hydrogen (secondary N) is 1. The summed E-state index contributed by atoms with van der Waals surface area (Å²) >= 11 is 0. The van der Waals surface area contributed by atoms with Crippen molar-refractivity contribution >= 4 is 5.82 Å². The monoisotopic (exact) mass is 231 g/mol. The lowest BCUT2D eigenvalue weighted by atomic mass is 10.1. The molecule has 0 aliphatic rings. The molecule has 1 heterocycles. The van der Waals surface area contributed by atoms with Crippen LogP contribution in [0, 0.1) is 6.92 Å². The number of aromatic nitrogens is 2. The average molecular weight is 231 g/mol. The van der Waals surface area contributed by atoms with Crippen LogP contribution in [0.5, 0.6) is 5.75 Å². The number of imidazole rings is 1. The molecular weight excluding hydrogens is 214 g/mol. The topological polar surface area (TPSA) is 63.9 Å². The summed E-state index contributed by atoms with van der Waals surface area (Å²) in [6.45, 7) is 4.00. The van der Waals surface area contributed by atoms with Crippen LogP contribution in [0.2, 0.25) is 0 Å². The van der Waals surface area contributed by atoms with Crippen LogP contribution in [-0.2, 0) is 6.42 Å². The zero-order valence-electron chi connectivity index (χ0n) is 10.4. The Labute approximate surface area is 101 Å². The van der Waals surface area contributed by atoms with Gasteiger partial charge in [-0.05, 0) is 31.0 Å². The molecule has 4 heteroatoms. The Balaban J connectivity index is 2.59. The molecule has 1 aromatic carbocycles. The van der Waals surface area contributed by atoms with E-state index >= 15 is 0 Å². The first kappa shape index (κ1) is 11.5. The SMILES string of the molecule is CCc1ccc(OC)c(-c2[nH]c(C)nc2N)c1. The molecule has 0 fully saturated rings. The molecule has 0 bridgehead atoms. The molecule has 0 radical (unpaired) electrons. The molecule has 0 unspecified atom stereocenters. The zero-order valence-corrected chi connectivity index (χ0v) is 10.4. The van der Waals surface area contributed by atoms with Crippen molar-refractivity contribution in [2.45, 2.75) is 20.3 Å². The summed E-state index contributed by atoms with van der Waals surface area (Å²) in [5, 5.41) is 0. The summed E-state index contributed by atoms with van der Waals surface area (Å²) in [4.78, 5) is 7.36. The normalized spacial score (nSPS) is 10.5. The van der Waals surface area contributed by atoms with E-state index in [1.54, 1.807) is 7.11 Å². The molecule has 1 aromatic heterocycles. The zero-order chi connectivity index (χ0) is 12.4. The molecule has 0 aliphatic carbocycles. The quantitative estimate of drug-likeness (QED) is 0.853. The third-order valence-electron chi connectivity index (χ3n) is 2.79. The fraction of sp³-hybridized carbons (Fsp3) is 0.308. The van der Waals surface area contributed by atoms with Crippen LogP contribution in [0.1, 0.15) is 18.3 Å². The van der Waals surface area contributed by atoms with Gasteiger partial charge < -0.3 is 15.5 Å². The van der Waals surface area contributed by atoms with Gasteiger partial charge in [-0.15, -0.1) is 0 Å². The number of aromatic amines is 1. The molecule has 4 nitrogen and oxygen atoms in total. The van der Waals surface area contributed by atoms with Crippen molar-refractivity contribution in [3.8, 4) is 17.0 Å². The third kappa shape index (κ3) is 2.11. The molecule has 0 aliphatic heterocycles. The van der Waals surface area contributed by atoms with Gasteiger partial charge in [0.2, 0.25) is 0 Å². The largest absolute Gasteiger partial charge is 0.496 e. The van der Waals surface area contributed by atoms with E-state index in [0.29, 0.717) is 5.82 Å². The van der Waals surface area contributed by atoms with Gasteiger partial charge in [0.05, 0.1) is 12.8 Å². The van der Waals surface area contributed by atoms with E-state index in [4.69, 9.17) is 10.5 Å². The fourth-order valence-corrected chi connectivity index (χ4v) is 1.89. The van der Waals surface area contributed by atoms with Gasteiger partial charge in [-0.25, -0.2) is 4.98 Å². The molecule has 0 spiro atoms. The van der Waals surface area contributed by atoms with E-state index in [-0.39, 0.29) is 0 Å². The Morgan fingerprint density at radius 1 is 1.41 bits per heavy atom. The molecule has 2 rings (SSSR count). The van der Waals surface area contributed by atoms with Crippen molar-refractivity contribution in [2.75, 3.05) is 12.8 Å². The van der Waals surface area contributed by atoms with Crippen LogP contribution in [0.15, 0.2) is 18.2 Å². The number of methoxy groups -OCH3 is 1. The number of hydrogen-bond acceptors (Lipinski definition) is 3. The van der Waals surface area contributed by atoms with Crippen molar-refractivity contribution in [1.82, 2.24) is 9.97 Å². The highest BCUT2D eigenvalue weighted by atomic mass is 16.5. The highest BCUT2D eigenvalue weighted by molar-refractivity contribution is 5.76. The van der Waals surface area contributed by atoms with E-state index < -0.39 is 0 Å². The molecule has 0 saturated carbocycles. The van der Waals surface area contributed by atoms with Crippen LogP contribution in [0.25, 0.3) is 11.3 Å². The van der Waals surface area contributed by atoms with Gasteiger partial charge in [0.25, 0.3) is 0 Å². The number of anilines is 1. The minimum Gasteiger partial charge on any atom is -0.496 e. The summed E-state index contributed by atoms with van der Waals surface area (Å²) < 4.78 is 5.36. The minimum absolute atomic E-state index is 0.508. The first-order valence-electron chi connectivity index (χ1n) is 5.65. The summed E-state index contributed by atoms with van der Waals surface area (Å²) in [5.41, 5.74) is 8.92. The Morgan fingerprint density at radius 2 is 2.18 bits per heavy atom. The van der Waals surface area contributed by atoms with E-state index in [0.717, 1.165) is 29.3 Å². The maximum Gasteiger partial charge on any atom is 0.150 e. The molecule has 0 amide bonds. The average Bonchev–Trinajstić information content (AvgIpc) is 2.67. The van der Waals surface area contributed by atoms with Crippen molar-refractivity contribution in [3.05, 3.63) is 29.6 Å². The Hall–Kier alpha value is -1.97. The number of benzene rings is 1. The summed E-state index contributed by atoms with van der Waals surface area (Å²) in [6, 6.07) is 6.10. The molecule has 17 heavy (non-hydrogen) atoms. The van der Waals surface area contributed by atoms with Crippen molar-refractivity contribution < 1.29 is 4.74 Å². The number of aryl methyl sites for hydroxylation is 2. The summed E-state index contributed by atoms with van der Waals surface area (Å²) in [6.07, 6.45) is 0.976. The predicted octanol–water partition coefficient (Wildman–Crippen LogP) is 2.54. The fourth-order valence-electron chi connectivity index (χ4n) is 1.89. The maximum atomic E-state index is 5.89. The van der Waals surface area contributed by atoms with Gasteiger partial charge in [-0.2, -0.15) is 0 Å². The van der Waals surface area contributed by atoms with Gasteiger partial charge in [-0.3, -0.25) is 0 Å². The lowest BCUT2D eigenvalue weighted by molar-refractivity contribution is 0.416. The Bertz CT molecular complexity index is 531. The van der Waals surface area contributed by atoms with E-state index in [1.807, 2.05) is 13.0 Å². The summed E-state index contributed by atoms with van der Waals surface area (Å²) in [5.74, 6) is 2.12. The lowest BCUT2D eigenvalue weighted by Gasteiger charge is -2.09. The standard InChI is InChI=1S/C13H17N3O/c1-4-9-5-6-11(17-3)10(7-9)12-13(14)16-8(2)15-12/h5-7H,4,14H2,1-3H3,(H,15,16). The number of ether oxygens (including phenoxy) is 1. The third-order valence-corrected chi connectivity index (χ3v) is 2.79. The maximum absolute atomic E-state index is 5.89. The smallest absolute Gasteiger partial charge is 0.150 e. The second kappa shape index (κ2) is 4.49. The number of rotatable bonds is 3. The first-order valence-corrected chi connectivity index (χ1v) is 5.65. The van der Waals surface area contributed by atoms with Crippen molar-refractivity contribution in [1.29, 1.82) is 0 Å². The van der Waals surface area contributed by atoms with E-state index in [1.165, 1.54) is 5.56 Å². The van der Waals surface area contributed by atoms with E-state index in [9.17, 15) is 0 Å². The van der Waals surface area contributed by atoms with Crippen LogP contribution in [0.3, 0.4) is 0 Å². The van der Waals surface area contributed by atoms with Gasteiger partial charge in [0, 0.05) is 5.56 Å². The van der Waals surface area contributed by atoms with Crippen molar-refractivity contribution in [3.63, 3.8) is 0 Å². The lowest BCUT2D eigenvalue weighted by Crippen LogP contribution is -1.94. The predicted molar refractivity (Wildman–Crippen MR) is 69.1 cm³/mol. The van der Waals surface area contributed by atoms with Gasteiger partial charge in [0.15, 0.2) is 0 Å². The number of nitrogens with zero attached hydrogens (tertiary/aromatic N) is 1. The highest BCUT2D eigenvalue weighted by Crippen LogP contribution is 2.33. The van der Waals surface area contributed by atoms with Gasteiger partial charge in [-0.1, -0.05) is 13.0 Å². The second-order valence-electron chi connectivity index (χ2n) is 3.97. The summed E-state index contributed by atoms with van der Waals surface area (Å²) in [7, 11) is 1.66. The van der Waals surface area contributed by atoms with Crippen LogP contribution in [0.4, 0.5) is 5.82 Å². The minimum atomic E-state index is 0.508. The molecular formula is C13H17N3O. The Morgan fingerprint density at radius 3 is 2.71 bits per heavy atom. The number of H-pyrrole nitrogens is 1. The van der Waals surface area contributed by atoms with Gasteiger partial charge >= 0.3 is 0 Å². The highest BCUT2D eigenvalue weighted by Gasteiger charge is 2.12.